The Morgan fingerprint density at radius 3 is 0.514 bits per heavy atom. The van der Waals surface area contributed by atoms with Gasteiger partial charge < -0.3 is 39.6 Å². The molecule has 0 aliphatic heterocycles. The Bertz CT molecular complexity index is 519. The summed E-state index contributed by atoms with van der Waals surface area (Å²) in [5.74, 6) is -3.82. The Morgan fingerprint density at radius 1 is 0.378 bits per heavy atom. The third-order valence-electron chi connectivity index (χ3n) is 4.32. The fraction of sp³-hybridized carbons (Fsp3) is 0.857. The van der Waals surface area contributed by atoms with E-state index < -0.39 is 23.9 Å². The van der Waals surface area contributed by atoms with E-state index in [1.807, 2.05) is 83.1 Å². The molecule has 0 aromatic heterocycles. The Kier molecular flexibility index (Phi) is 27.6. The zero-order chi connectivity index (χ0) is 30.0. The van der Waals surface area contributed by atoms with Crippen molar-refractivity contribution in [1.29, 1.82) is 0 Å². The van der Waals surface area contributed by atoms with Crippen molar-refractivity contribution in [1.82, 2.24) is 0 Å². The van der Waals surface area contributed by atoms with Crippen LogP contribution in [-0.4, -0.2) is 23.9 Å². The number of hydrogen-bond acceptors (Lipinski definition) is 8. The number of carbonyl (C=O) groups is 4. The molecule has 37 heavy (non-hydrogen) atoms. The van der Waals surface area contributed by atoms with E-state index in [4.69, 9.17) is 0 Å². The number of carbonyl (C=O) groups excluding carboxylic acids is 4. The predicted octanol–water partition coefficient (Wildman–Crippen LogP) is 2.25. The summed E-state index contributed by atoms with van der Waals surface area (Å²) in [7, 11) is 0. The summed E-state index contributed by atoms with van der Waals surface area (Å²) < 4.78 is 0. The van der Waals surface area contributed by atoms with Crippen LogP contribution in [-0.2, 0) is 19.2 Å². The summed E-state index contributed by atoms with van der Waals surface area (Å²) in [6, 6.07) is 0. The van der Waals surface area contributed by atoms with E-state index in [0.717, 1.165) is 0 Å². The van der Waals surface area contributed by atoms with Gasteiger partial charge in [0.2, 0.25) is 0 Å². The molecule has 0 fully saturated rings. The molecule has 0 spiro atoms. The fourth-order valence-corrected chi connectivity index (χ4v) is 1.91. The molecule has 0 aliphatic rings. The molecule has 0 N–H and O–H groups in total. The van der Waals surface area contributed by atoms with Crippen LogP contribution in [0, 0.1) is 63.4 Å². The van der Waals surface area contributed by atoms with Crippen LogP contribution in [0.4, 0.5) is 0 Å². The molecule has 0 heterocycles. The van der Waals surface area contributed by atoms with Gasteiger partial charge in [-0.2, -0.15) is 0 Å². The van der Waals surface area contributed by atoms with E-state index in [1.54, 1.807) is 0 Å². The Labute approximate surface area is 259 Å². The molecule has 0 aromatic rings. The normalized spacial score (nSPS) is 11.1. The average molecular weight is 657 g/mol. The summed E-state index contributed by atoms with van der Waals surface area (Å²) in [5.41, 5.74) is 0.445. The Morgan fingerprint density at radius 2 is 0.486 bits per heavy atom. The summed E-state index contributed by atoms with van der Waals surface area (Å²) in [4.78, 5) is 39.7. The quantitative estimate of drug-likeness (QED) is 0.385. The van der Waals surface area contributed by atoms with Crippen LogP contribution in [0.2, 0.25) is 0 Å². The van der Waals surface area contributed by atoms with Gasteiger partial charge in [0.25, 0.3) is 0 Å². The van der Waals surface area contributed by atoms with Crippen molar-refractivity contribution in [3.05, 3.63) is 0 Å². The molecule has 0 radical (unpaired) electrons. The molecular formula is C28H52CeO8. The van der Waals surface area contributed by atoms with E-state index in [9.17, 15) is 39.6 Å². The van der Waals surface area contributed by atoms with Crippen LogP contribution in [0.5, 0.6) is 0 Å². The van der Waals surface area contributed by atoms with E-state index in [2.05, 4.69) is 0 Å². The van der Waals surface area contributed by atoms with Crippen LogP contribution >= 0.6 is 0 Å². The maximum Gasteiger partial charge on any atom is 4.00 e. The second-order valence-corrected chi connectivity index (χ2v) is 13.7. The molecule has 0 aliphatic carbocycles. The van der Waals surface area contributed by atoms with E-state index in [0.29, 0.717) is 25.7 Å². The van der Waals surface area contributed by atoms with Crippen LogP contribution in [0.15, 0.2) is 0 Å². The van der Waals surface area contributed by atoms with Gasteiger partial charge in [0.1, 0.15) is 0 Å². The molecule has 0 rings (SSSR count). The molecule has 0 unspecified atom stereocenters. The van der Waals surface area contributed by atoms with Crippen molar-refractivity contribution >= 4 is 23.9 Å². The second-order valence-electron chi connectivity index (χ2n) is 13.7. The molecule has 0 saturated heterocycles. The maximum atomic E-state index is 9.93. The largest absolute Gasteiger partial charge is 4.00 e. The maximum absolute atomic E-state index is 9.93. The summed E-state index contributed by atoms with van der Waals surface area (Å²) in [5, 5.41) is 39.7. The third kappa shape index (κ3) is 72.1. The van der Waals surface area contributed by atoms with Gasteiger partial charge in [-0.1, -0.05) is 83.1 Å². The van der Waals surface area contributed by atoms with Gasteiger partial charge in [0.15, 0.2) is 0 Å². The zero-order valence-electron chi connectivity index (χ0n) is 25.4. The Balaban J connectivity index is -0.000000122. The smallest absolute Gasteiger partial charge is 0.550 e. The topological polar surface area (TPSA) is 161 Å². The molecule has 216 valence electrons. The molecular weight excluding hydrogens is 604 g/mol. The van der Waals surface area contributed by atoms with Crippen LogP contribution < -0.4 is 20.4 Å². The summed E-state index contributed by atoms with van der Waals surface area (Å²) in [6.45, 7) is 24.1. The van der Waals surface area contributed by atoms with Gasteiger partial charge >= 0.3 is 41.7 Å². The number of rotatable bonds is 8. The SMILES string of the molecule is CC(C)(C)CCC(=O)[O-].CC(C)(C)CCC(=O)[O-].CC(C)(C)CCC(=O)[O-].CC(C)(C)CCC(=O)[O-].[Ce+4]. The van der Waals surface area contributed by atoms with Gasteiger partial charge in [-0.05, 0) is 73.0 Å². The molecule has 0 atom stereocenters. The minimum Gasteiger partial charge on any atom is -0.550 e. The zero-order valence-corrected chi connectivity index (χ0v) is 28.6. The molecule has 0 bridgehead atoms. The van der Waals surface area contributed by atoms with Crippen molar-refractivity contribution in [2.24, 2.45) is 21.7 Å². The third-order valence-corrected chi connectivity index (χ3v) is 4.32. The monoisotopic (exact) mass is 656 g/mol. The summed E-state index contributed by atoms with van der Waals surface area (Å²) >= 11 is 0. The number of aliphatic carboxylic acids is 4. The fourth-order valence-electron chi connectivity index (χ4n) is 1.91. The predicted molar refractivity (Wildman–Crippen MR) is 135 cm³/mol. The Hall–Kier alpha value is -0.743. The first-order valence-electron chi connectivity index (χ1n) is 12.5. The van der Waals surface area contributed by atoms with Crippen molar-refractivity contribution in [2.45, 2.75) is 134 Å². The minimum absolute atomic E-state index is 0. The molecule has 0 amide bonds. The second kappa shape index (κ2) is 22.1. The first-order valence-corrected chi connectivity index (χ1v) is 12.5. The molecule has 8 nitrogen and oxygen atoms in total. The van der Waals surface area contributed by atoms with Crippen molar-refractivity contribution < 1.29 is 81.4 Å². The van der Waals surface area contributed by atoms with Gasteiger partial charge in [0.05, 0.1) is 0 Å². The number of carboxylic acid groups (broad SMARTS) is 4. The van der Waals surface area contributed by atoms with Crippen molar-refractivity contribution in [2.75, 3.05) is 0 Å². The van der Waals surface area contributed by atoms with Gasteiger partial charge in [-0.15, -0.1) is 0 Å². The van der Waals surface area contributed by atoms with E-state index in [1.165, 1.54) is 0 Å². The molecule has 0 aromatic carbocycles. The van der Waals surface area contributed by atoms with Gasteiger partial charge in [-0.25, -0.2) is 0 Å². The molecule has 9 heteroatoms. The molecule has 0 saturated carbocycles. The van der Waals surface area contributed by atoms with Crippen LogP contribution in [0.25, 0.3) is 0 Å². The summed E-state index contributed by atoms with van der Waals surface area (Å²) in [6.07, 6.45) is 3.44. The minimum atomic E-state index is -0.954. The number of carboxylic acids is 4. The van der Waals surface area contributed by atoms with Crippen molar-refractivity contribution in [3.63, 3.8) is 0 Å². The number of hydrogen-bond donors (Lipinski definition) is 0. The van der Waals surface area contributed by atoms with Crippen LogP contribution in [0.3, 0.4) is 0 Å². The first kappa shape index (κ1) is 46.1. The van der Waals surface area contributed by atoms with Gasteiger partial charge in [-0.3, -0.25) is 0 Å². The van der Waals surface area contributed by atoms with Crippen LogP contribution in [0.1, 0.15) is 134 Å². The van der Waals surface area contributed by atoms with E-state index >= 15 is 0 Å². The average Bonchev–Trinajstić information content (AvgIpc) is 2.61. The van der Waals surface area contributed by atoms with E-state index in [-0.39, 0.29) is 89.1 Å². The first-order chi connectivity index (χ1) is 15.7. The van der Waals surface area contributed by atoms with Gasteiger partial charge in [0, 0.05) is 23.9 Å². The van der Waals surface area contributed by atoms with Crippen molar-refractivity contribution in [3.8, 4) is 0 Å². The standard InChI is InChI=1S/4C7H14O2.Ce/c4*1-7(2,3)5-4-6(8)9;/h4*4-5H2,1-3H3,(H,8,9);/q;;;;+4/p-4.